The summed E-state index contributed by atoms with van der Waals surface area (Å²) in [5.41, 5.74) is -0.158. The molecule has 2 aromatic rings. The summed E-state index contributed by atoms with van der Waals surface area (Å²) in [6.07, 6.45) is 2.14. The molecule has 0 atom stereocenters. The first-order valence-electron chi connectivity index (χ1n) is 8.60. The van der Waals surface area contributed by atoms with E-state index in [-0.39, 0.29) is 12.1 Å². The van der Waals surface area contributed by atoms with Crippen LogP contribution in [-0.4, -0.2) is 39.5 Å². The van der Waals surface area contributed by atoms with Crippen LogP contribution >= 0.6 is 11.3 Å². The van der Waals surface area contributed by atoms with E-state index in [0.29, 0.717) is 12.5 Å². The lowest BCUT2D eigenvalue weighted by Gasteiger charge is -2.31. The van der Waals surface area contributed by atoms with E-state index >= 15 is 0 Å². The van der Waals surface area contributed by atoms with E-state index in [1.54, 1.807) is 11.3 Å². The Morgan fingerprint density at radius 1 is 1.19 bits per heavy atom. The molecule has 4 nitrogen and oxygen atoms in total. The summed E-state index contributed by atoms with van der Waals surface area (Å²) in [6.45, 7) is 2.75. The van der Waals surface area contributed by atoms with E-state index in [0.717, 1.165) is 44.1 Å². The molecule has 0 spiro atoms. The molecule has 1 aliphatic rings. The number of halogens is 2. The fraction of sp³-hybridized carbons (Fsp3) is 0.444. The molecule has 0 unspecified atom stereocenters. The number of nitrogens with one attached hydrogen (secondary N) is 1. The number of rotatable bonds is 7. The van der Waals surface area contributed by atoms with Crippen LogP contribution in [0.15, 0.2) is 35.7 Å². The predicted molar refractivity (Wildman–Crippen MR) is 99.7 cm³/mol. The van der Waals surface area contributed by atoms with Crippen LogP contribution in [0.4, 0.5) is 8.78 Å². The minimum absolute atomic E-state index is 0.158. The van der Waals surface area contributed by atoms with Crippen LogP contribution < -0.4 is 4.72 Å². The SMILES string of the molecule is O=S(=O)(Cc1cc(F)ccc1F)NCCN1CCC(c2cccs2)CC1. The molecule has 26 heavy (non-hydrogen) atoms. The van der Waals surface area contributed by atoms with Gasteiger partial charge < -0.3 is 4.90 Å². The third kappa shape index (κ3) is 5.33. The maximum atomic E-state index is 13.6. The molecule has 0 bridgehead atoms. The Labute approximate surface area is 156 Å². The Balaban J connectivity index is 1.43. The van der Waals surface area contributed by atoms with Gasteiger partial charge >= 0.3 is 0 Å². The number of piperidine rings is 1. The van der Waals surface area contributed by atoms with Crippen molar-refractivity contribution >= 4 is 21.4 Å². The van der Waals surface area contributed by atoms with Gasteiger partial charge in [0.05, 0.1) is 5.75 Å². The van der Waals surface area contributed by atoms with Crippen LogP contribution in [0.25, 0.3) is 0 Å². The van der Waals surface area contributed by atoms with E-state index in [1.807, 2.05) is 0 Å². The molecule has 0 amide bonds. The van der Waals surface area contributed by atoms with Gasteiger partial charge in [-0.05, 0) is 61.5 Å². The monoisotopic (exact) mass is 400 g/mol. The second-order valence-corrected chi connectivity index (χ2v) is 9.31. The molecular weight excluding hydrogens is 378 g/mol. The van der Waals surface area contributed by atoms with Crippen LogP contribution in [0.3, 0.4) is 0 Å². The Morgan fingerprint density at radius 3 is 2.65 bits per heavy atom. The van der Waals surface area contributed by atoms with Crippen molar-refractivity contribution in [2.45, 2.75) is 24.5 Å². The van der Waals surface area contributed by atoms with Gasteiger partial charge in [-0.3, -0.25) is 0 Å². The highest BCUT2D eigenvalue weighted by atomic mass is 32.2. The zero-order valence-corrected chi connectivity index (χ0v) is 16.0. The molecule has 0 saturated carbocycles. The van der Waals surface area contributed by atoms with Gasteiger partial charge in [-0.1, -0.05) is 6.07 Å². The van der Waals surface area contributed by atoms with Crippen molar-refractivity contribution in [3.8, 4) is 0 Å². The van der Waals surface area contributed by atoms with Crippen LogP contribution in [0.5, 0.6) is 0 Å². The molecular formula is C18H22F2N2O2S2. The van der Waals surface area contributed by atoms with E-state index < -0.39 is 27.4 Å². The largest absolute Gasteiger partial charge is 0.302 e. The Hall–Kier alpha value is -1.35. The smallest absolute Gasteiger partial charge is 0.215 e. The first-order chi connectivity index (χ1) is 12.4. The minimum Gasteiger partial charge on any atom is -0.302 e. The Bertz CT molecular complexity index is 818. The van der Waals surface area contributed by atoms with Crippen LogP contribution in [0.2, 0.25) is 0 Å². The number of likely N-dealkylation sites (tertiary alicyclic amines) is 1. The third-order valence-corrected chi connectivity index (χ3v) is 7.01. The van der Waals surface area contributed by atoms with Crippen molar-refractivity contribution < 1.29 is 17.2 Å². The topological polar surface area (TPSA) is 49.4 Å². The highest BCUT2D eigenvalue weighted by Crippen LogP contribution is 2.30. The lowest BCUT2D eigenvalue weighted by atomic mass is 9.95. The second-order valence-electron chi connectivity index (χ2n) is 6.52. The summed E-state index contributed by atoms with van der Waals surface area (Å²) in [5.74, 6) is -1.33. The maximum absolute atomic E-state index is 13.6. The average molecular weight is 401 g/mol. The second kappa shape index (κ2) is 8.56. The summed E-state index contributed by atoms with van der Waals surface area (Å²) >= 11 is 1.79. The number of thiophene rings is 1. The Kier molecular flexibility index (Phi) is 6.39. The van der Waals surface area contributed by atoms with Crippen molar-refractivity contribution in [2.75, 3.05) is 26.2 Å². The lowest BCUT2D eigenvalue weighted by molar-refractivity contribution is 0.217. The third-order valence-electron chi connectivity index (χ3n) is 4.64. The van der Waals surface area contributed by atoms with Gasteiger partial charge in [-0.15, -0.1) is 11.3 Å². The zero-order valence-electron chi connectivity index (χ0n) is 14.3. The summed E-state index contributed by atoms with van der Waals surface area (Å²) in [7, 11) is -3.70. The van der Waals surface area contributed by atoms with Gasteiger partial charge in [0, 0.05) is 23.5 Å². The standard InChI is InChI=1S/C18H22F2N2O2S2/c19-16-3-4-17(20)15(12-16)13-26(23,24)21-7-10-22-8-5-14(6-9-22)18-2-1-11-25-18/h1-4,11-12,14,21H,5-10,13H2. The first-order valence-corrected chi connectivity index (χ1v) is 11.1. The molecule has 8 heteroatoms. The van der Waals surface area contributed by atoms with Gasteiger partial charge in [0.2, 0.25) is 10.0 Å². The van der Waals surface area contributed by atoms with Gasteiger partial charge in [0.15, 0.2) is 0 Å². The highest BCUT2D eigenvalue weighted by Gasteiger charge is 2.21. The zero-order chi connectivity index (χ0) is 18.6. The average Bonchev–Trinajstić information content (AvgIpc) is 3.13. The van der Waals surface area contributed by atoms with Crippen molar-refractivity contribution in [2.24, 2.45) is 0 Å². The van der Waals surface area contributed by atoms with Crippen LogP contribution in [0, 0.1) is 11.6 Å². The molecule has 3 rings (SSSR count). The van der Waals surface area contributed by atoms with Crippen LogP contribution in [-0.2, 0) is 15.8 Å². The summed E-state index contributed by atoms with van der Waals surface area (Å²) in [4.78, 5) is 3.65. The molecule has 142 valence electrons. The Morgan fingerprint density at radius 2 is 1.96 bits per heavy atom. The van der Waals surface area contributed by atoms with Crippen molar-refractivity contribution in [3.63, 3.8) is 0 Å². The fourth-order valence-corrected chi connectivity index (χ4v) is 5.27. The minimum atomic E-state index is -3.70. The summed E-state index contributed by atoms with van der Waals surface area (Å²) in [5, 5.41) is 2.10. The van der Waals surface area contributed by atoms with Gasteiger partial charge in [-0.2, -0.15) is 0 Å². The molecule has 1 aromatic carbocycles. The van der Waals surface area contributed by atoms with E-state index in [9.17, 15) is 17.2 Å². The number of nitrogens with zero attached hydrogens (tertiary/aromatic N) is 1. The lowest BCUT2D eigenvalue weighted by Crippen LogP contribution is -2.39. The van der Waals surface area contributed by atoms with E-state index in [1.165, 1.54) is 4.88 Å². The molecule has 2 heterocycles. The molecule has 1 aliphatic heterocycles. The number of hydrogen-bond acceptors (Lipinski definition) is 4. The van der Waals surface area contributed by atoms with E-state index in [4.69, 9.17) is 0 Å². The molecule has 1 saturated heterocycles. The maximum Gasteiger partial charge on any atom is 0.215 e. The highest BCUT2D eigenvalue weighted by molar-refractivity contribution is 7.88. The molecule has 0 radical (unpaired) electrons. The molecule has 1 aromatic heterocycles. The van der Waals surface area contributed by atoms with Gasteiger partial charge in [0.25, 0.3) is 0 Å². The normalized spacial score (nSPS) is 16.8. The number of benzene rings is 1. The summed E-state index contributed by atoms with van der Waals surface area (Å²) < 4.78 is 53.4. The molecule has 0 aliphatic carbocycles. The van der Waals surface area contributed by atoms with E-state index in [2.05, 4.69) is 27.1 Å². The van der Waals surface area contributed by atoms with Crippen molar-refractivity contribution in [1.82, 2.24) is 9.62 Å². The van der Waals surface area contributed by atoms with Crippen LogP contribution in [0.1, 0.15) is 29.2 Å². The predicted octanol–water partition coefficient (Wildman–Crippen LogP) is 3.33. The van der Waals surface area contributed by atoms with Crippen molar-refractivity contribution in [3.05, 3.63) is 57.8 Å². The summed E-state index contributed by atoms with van der Waals surface area (Å²) in [6, 6.07) is 7.08. The first kappa shape index (κ1) is 19.4. The van der Waals surface area contributed by atoms with Crippen molar-refractivity contribution in [1.29, 1.82) is 0 Å². The van der Waals surface area contributed by atoms with Gasteiger partial charge in [-0.25, -0.2) is 21.9 Å². The molecule has 1 fully saturated rings. The fourth-order valence-electron chi connectivity index (χ4n) is 3.23. The number of hydrogen-bond donors (Lipinski definition) is 1. The quantitative estimate of drug-likeness (QED) is 0.776. The number of sulfonamides is 1. The molecule has 1 N–H and O–H groups in total. The van der Waals surface area contributed by atoms with Gasteiger partial charge in [0.1, 0.15) is 11.6 Å².